The number of nitrogens with two attached hydrogens (primary N) is 1. The molecule has 98 valence electrons. The van der Waals surface area contributed by atoms with Crippen molar-refractivity contribution in [3.05, 3.63) is 59.7 Å². The number of nitrogens with one attached hydrogen (secondary N) is 2. The summed E-state index contributed by atoms with van der Waals surface area (Å²) in [7, 11) is 1.62. The number of carbonyl (C=O) groups is 1. The van der Waals surface area contributed by atoms with Gasteiger partial charge in [0.2, 0.25) is 0 Å². The normalized spacial score (nSPS) is 9.95. The number of amides is 1. The second-order valence-corrected chi connectivity index (χ2v) is 4.21. The second-order valence-electron chi connectivity index (χ2n) is 4.21. The van der Waals surface area contributed by atoms with Gasteiger partial charge in [-0.15, -0.1) is 0 Å². The number of rotatable bonds is 4. The molecule has 2 aromatic rings. The average Bonchev–Trinajstić information content (AvgIpc) is 2.46. The van der Waals surface area contributed by atoms with Gasteiger partial charge in [0, 0.05) is 30.5 Å². The van der Waals surface area contributed by atoms with E-state index in [0.717, 1.165) is 16.9 Å². The van der Waals surface area contributed by atoms with Crippen LogP contribution >= 0.6 is 0 Å². The van der Waals surface area contributed by atoms with E-state index in [2.05, 4.69) is 10.6 Å². The summed E-state index contributed by atoms with van der Waals surface area (Å²) in [5.74, 6) is -0.0946. The summed E-state index contributed by atoms with van der Waals surface area (Å²) in [6.07, 6.45) is 0. The fourth-order valence-electron chi connectivity index (χ4n) is 1.81. The van der Waals surface area contributed by atoms with Crippen LogP contribution in [-0.2, 0) is 6.54 Å². The van der Waals surface area contributed by atoms with E-state index in [4.69, 9.17) is 5.73 Å². The lowest BCUT2D eigenvalue weighted by molar-refractivity contribution is 0.0963. The second kappa shape index (κ2) is 5.91. The molecule has 2 rings (SSSR count). The molecule has 0 aliphatic heterocycles. The Labute approximate surface area is 112 Å². The number of para-hydroxylation sites is 1. The molecule has 0 fully saturated rings. The molecule has 0 spiro atoms. The van der Waals surface area contributed by atoms with Gasteiger partial charge in [0.25, 0.3) is 5.91 Å². The van der Waals surface area contributed by atoms with E-state index in [-0.39, 0.29) is 5.91 Å². The maximum Gasteiger partial charge on any atom is 0.251 e. The molecule has 0 radical (unpaired) electrons. The molecule has 1 amide bonds. The molecule has 0 atom stereocenters. The van der Waals surface area contributed by atoms with Crippen molar-refractivity contribution in [3.8, 4) is 0 Å². The highest BCUT2D eigenvalue weighted by atomic mass is 16.1. The zero-order valence-electron chi connectivity index (χ0n) is 10.8. The lowest BCUT2D eigenvalue weighted by Gasteiger charge is -2.09. The minimum Gasteiger partial charge on any atom is -0.398 e. The van der Waals surface area contributed by atoms with Crippen LogP contribution in [0.15, 0.2) is 48.5 Å². The molecule has 0 heterocycles. The monoisotopic (exact) mass is 255 g/mol. The molecule has 0 aliphatic rings. The summed E-state index contributed by atoms with van der Waals surface area (Å²) in [5.41, 5.74) is 9.20. The molecule has 4 heteroatoms. The van der Waals surface area contributed by atoms with Gasteiger partial charge in [-0.1, -0.05) is 24.3 Å². The molecule has 4 nitrogen and oxygen atoms in total. The molecule has 19 heavy (non-hydrogen) atoms. The van der Waals surface area contributed by atoms with E-state index in [1.54, 1.807) is 13.1 Å². The Kier molecular flexibility index (Phi) is 4.03. The smallest absolute Gasteiger partial charge is 0.251 e. The molecule has 2 aromatic carbocycles. The van der Waals surface area contributed by atoms with Crippen LogP contribution in [0.5, 0.6) is 0 Å². The molecule has 0 saturated carbocycles. The number of hydrogen-bond acceptors (Lipinski definition) is 3. The van der Waals surface area contributed by atoms with Crippen molar-refractivity contribution in [2.45, 2.75) is 6.54 Å². The fraction of sp³-hybridized carbons (Fsp3) is 0.133. The molecule has 4 N–H and O–H groups in total. The zero-order valence-corrected chi connectivity index (χ0v) is 10.8. The minimum atomic E-state index is -0.0946. The van der Waals surface area contributed by atoms with Gasteiger partial charge in [0.15, 0.2) is 0 Å². The maximum absolute atomic E-state index is 11.5. The van der Waals surface area contributed by atoms with Crippen LogP contribution in [0.2, 0.25) is 0 Å². The van der Waals surface area contributed by atoms with E-state index >= 15 is 0 Å². The molecule has 0 aliphatic carbocycles. The van der Waals surface area contributed by atoms with Crippen molar-refractivity contribution in [2.75, 3.05) is 18.1 Å². The van der Waals surface area contributed by atoms with Gasteiger partial charge in [-0.3, -0.25) is 4.79 Å². The Hall–Kier alpha value is -2.49. The summed E-state index contributed by atoms with van der Waals surface area (Å²) in [4.78, 5) is 11.5. The Morgan fingerprint density at radius 3 is 2.68 bits per heavy atom. The molecule has 0 bridgehead atoms. The highest BCUT2D eigenvalue weighted by molar-refractivity contribution is 5.94. The van der Waals surface area contributed by atoms with E-state index in [1.807, 2.05) is 42.5 Å². The van der Waals surface area contributed by atoms with Crippen LogP contribution in [0.4, 0.5) is 11.4 Å². The van der Waals surface area contributed by atoms with Gasteiger partial charge >= 0.3 is 0 Å². The lowest BCUT2D eigenvalue weighted by atomic mass is 10.1. The predicted octanol–water partition coefficient (Wildman–Crippen LogP) is 2.24. The number of carbonyl (C=O) groups excluding carboxylic acids is 1. The number of anilines is 2. The van der Waals surface area contributed by atoms with Crippen molar-refractivity contribution in [1.82, 2.24) is 5.32 Å². The molecule has 0 unspecified atom stereocenters. The first-order valence-corrected chi connectivity index (χ1v) is 6.10. The Balaban J connectivity index is 2.08. The topological polar surface area (TPSA) is 67.2 Å². The Morgan fingerprint density at radius 1 is 1.16 bits per heavy atom. The summed E-state index contributed by atoms with van der Waals surface area (Å²) in [5, 5.41) is 5.87. The number of benzene rings is 2. The Bertz CT molecular complexity index is 581. The van der Waals surface area contributed by atoms with Crippen LogP contribution in [-0.4, -0.2) is 13.0 Å². The van der Waals surface area contributed by atoms with Gasteiger partial charge in [0.1, 0.15) is 0 Å². The van der Waals surface area contributed by atoms with E-state index in [1.165, 1.54) is 0 Å². The highest BCUT2D eigenvalue weighted by Gasteiger charge is 2.03. The molecular formula is C15H17N3O. The first kappa shape index (κ1) is 13.0. The third-order valence-corrected chi connectivity index (χ3v) is 2.89. The summed E-state index contributed by atoms with van der Waals surface area (Å²) < 4.78 is 0. The van der Waals surface area contributed by atoms with E-state index < -0.39 is 0 Å². The summed E-state index contributed by atoms with van der Waals surface area (Å²) in [6, 6.07) is 15.1. The first-order chi connectivity index (χ1) is 9.20. The summed E-state index contributed by atoms with van der Waals surface area (Å²) >= 11 is 0. The summed E-state index contributed by atoms with van der Waals surface area (Å²) in [6.45, 7) is 0.629. The third kappa shape index (κ3) is 3.25. The highest BCUT2D eigenvalue weighted by Crippen LogP contribution is 2.15. The van der Waals surface area contributed by atoms with Crippen LogP contribution in [0, 0.1) is 0 Å². The standard InChI is InChI=1S/C15H17N3O/c1-17-15(19)11-6-4-7-13(9-11)18-10-12-5-2-3-8-14(12)16/h2-9,18H,10,16H2,1H3,(H,17,19). The van der Waals surface area contributed by atoms with Crippen molar-refractivity contribution in [2.24, 2.45) is 0 Å². The van der Waals surface area contributed by atoms with Gasteiger partial charge in [-0.25, -0.2) is 0 Å². The van der Waals surface area contributed by atoms with Crippen LogP contribution in [0.1, 0.15) is 15.9 Å². The minimum absolute atomic E-state index is 0.0946. The lowest BCUT2D eigenvalue weighted by Crippen LogP contribution is -2.17. The maximum atomic E-state index is 11.5. The van der Waals surface area contributed by atoms with Crippen molar-refractivity contribution < 1.29 is 4.79 Å². The SMILES string of the molecule is CNC(=O)c1cccc(NCc2ccccc2N)c1. The quantitative estimate of drug-likeness (QED) is 0.734. The average molecular weight is 255 g/mol. The Morgan fingerprint density at radius 2 is 1.95 bits per heavy atom. The van der Waals surface area contributed by atoms with Gasteiger partial charge < -0.3 is 16.4 Å². The molecule has 0 aromatic heterocycles. The third-order valence-electron chi connectivity index (χ3n) is 2.89. The number of hydrogen-bond donors (Lipinski definition) is 3. The first-order valence-electron chi connectivity index (χ1n) is 6.10. The fourth-order valence-corrected chi connectivity index (χ4v) is 1.81. The molecular weight excluding hydrogens is 238 g/mol. The van der Waals surface area contributed by atoms with Gasteiger partial charge in [-0.2, -0.15) is 0 Å². The van der Waals surface area contributed by atoms with Crippen LogP contribution in [0.3, 0.4) is 0 Å². The van der Waals surface area contributed by atoms with Crippen molar-refractivity contribution in [1.29, 1.82) is 0 Å². The predicted molar refractivity (Wildman–Crippen MR) is 78.0 cm³/mol. The van der Waals surface area contributed by atoms with Crippen LogP contribution < -0.4 is 16.4 Å². The molecule has 0 saturated heterocycles. The van der Waals surface area contributed by atoms with Crippen LogP contribution in [0.25, 0.3) is 0 Å². The van der Waals surface area contributed by atoms with Crippen molar-refractivity contribution >= 4 is 17.3 Å². The zero-order chi connectivity index (χ0) is 13.7. The number of nitrogen functional groups attached to an aromatic ring is 1. The largest absolute Gasteiger partial charge is 0.398 e. The van der Waals surface area contributed by atoms with Crippen molar-refractivity contribution in [3.63, 3.8) is 0 Å². The van der Waals surface area contributed by atoms with Gasteiger partial charge in [-0.05, 0) is 29.8 Å². The van der Waals surface area contributed by atoms with E-state index in [9.17, 15) is 4.79 Å². The van der Waals surface area contributed by atoms with Gasteiger partial charge in [0.05, 0.1) is 0 Å². The van der Waals surface area contributed by atoms with E-state index in [0.29, 0.717) is 12.1 Å².